The predicted molar refractivity (Wildman–Crippen MR) is 293 cm³/mol. The van der Waals surface area contributed by atoms with Crippen molar-refractivity contribution >= 4 is 80.2 Å². The molecule has 0 unspecified atom stereocenters. The molecule has 0 bridgehead atoms. The number of hydrogen-bond acceptors (Lipinski definition) is 1. The zero-order chi connectivity index (χ0) is 46.8. The van der Waals surface area contributed by atoms with E-state index in [1.807, 2.05) is 48.5 Å². The van der Waals surface area contributed by atoms with Crippen LogP contribution >= 0.6 is 0 Å². The molecule has 0 saturated heterocycles. The van der Waals surface area contributed by atoms with Gasteiger partial charge in [-0.1, -0.05) is 0 Å². The fourth-order valence-electron chi connectivity index (χ4n) is 11.1. The molecule has 4 heteroatoms. The topological polar surface area (TPSA) is 26.9 Å². The van der Waals surface area contributed by atoms with Crippen LogP contribution in [-0.2, 0) is 0 Å². The molecule has 69 heavy (non-hydrogen) atoms. The van der Waals surface area contributed by atoms with E-state index in [9.17, 15) is 4.79 Å². The molecule has 0 aliphatic carbocycles. The molecule has 10 aromatic carbocycles. The molecule has 0 N–H and O–H groups in total. The van der Waals surface area contributed by atoms with Crippen molar-refractivity contribution in [3.63, 3.8) is 0 Å². The average Bonchev–Trinajstić information content (AvgIpc) is 3.88. The van der Waals surface area contributed by atoms with Crippen LogP contribution in [0.25, 0.3) is 66.1 Å². The van der Waals surface area contributed by atoms with Crippen LogP contribution in [0.1, 0.15) is 38.2 Å². The molecule has 0 fully saturated rings. The summed E-state index contributed by atoms with van der Waals surface area (Å²) in [6, 6.07) is 84.3. The SMILES string of the molecule is Cc1ccc2c(c1)c1cc(C)ccc1n2-c1cc[c]([Ge]([c]2ccccc2)([c]2ccccc2)[c]2ccc(-c3ccccc3C(=O)c3ccccc3)cc2)cc1-n1c2ccc(C)cc2c2cc(C)ccc21. The first kappa shape index (κ1) is 42.4. The van der Waals surface area contributed by atoms with Gasteiger partial charge < -0.3 is 0 Å². The van der Waals surface area contributed by atoms with E-state index >= 15 is 0 Å². The van der Waals surface area contributed by atoms with E-state index in [1.54, 1.807) is 0 Å². The summed E-state index contributed by atoms with van der Waals surface area (Å²) < 4.78 is 10.3. The van der Waals surface area contributed by atoms with E-state index in [4.69, 9.17) is 0 Å². The van der Waals surface area contributed by atoms with Crippen LogP contribution in [0, 0.1) is 27.7 Å². The number of hydrogen-bond donors (Lipinski definition) is 0. The van der Waals surface area contributed by atoms with Gasteiger partial charge in [0.15, 0.2) is 0 Å². The third-order valence-electron chi connectivity index (χ3n) is 14.3. The second kappa shape index (κ2) is 17.0. The third kappa shape index (κ3) is 6.99. The van der Waals surface area contributed by atoms with E-state index < -0.39 is 13.3 Å². The van der Waals surface area contributed by atoms with Crippen molar-refractivity contribution in [1.82, 2.24) is 9.13 Å². The summed E-state index contributed by atoms with van der Waals surface area (Å²) in [5, 5.41) is 5.01. The van der Waals surface area contributed by atoms with Gasteiger partial charge in [0.05, 0.1) is 0 Å². The summed E-state index contributed by atoms with van der Waals surface area (Å²) in [5.41, 5.74) is 15.3. The quantitative estimate of drug-likeness (QED) is 0.105. The number of ketones is 1. The van der Waals surface area contributed by atoms with Crippen LogP contribution in [0.5, 0.6) is 0 Å². The predicted octanol–water partition coefficient (Wildman–Crippen LogP) is 13.4. The number of benzene rings is 10. The molecule has 0 atom stereocenters. The van der Waals surface area contributed by atoms with Crippen LogP contribution in [0.4, 0.5) is 0 Å². The molecule has 0 aliphatic heterocycles. The second-order valence-electron chi connectivity index (χ2n) is 18.8. The first-order chi connectivity index (χ1) is 33.8. The molecule has 0 saturated carbocycles. The molecule has 0 radical (unpaired) electrons. The van der Waals surface area contributed by atoms with Crippen molar-refractivity contribution in [2.75, 3.05) is 0 Å². The van der Waals surface area contributed by atoms with Gasteiger partial charge in [0, 0.05) is 0 Å². The summed E-state index contributed by atoms with van der Waals surface area (Å²) in [5.74, 6) is 0.0207. The fourth-order valence-corrected chi connectivity index (χ4v) is 21.0. The van der Waals surface area contributed by atoms with E-state index in [-0.39, 0.29) is 5.78 Å². The molecule has 3 nitrogen and oxygen atoms in total. The summed E-state index contributed by atoms with van der Waals surface area (Å²) in [6.45, 7) is 8.77. The zero-order valence-corrected chi connectivity index (χ0v) is 41.3. The normalized spacial score (nSPS) is 11.8. The number of aryl methyl sites for hydroxylation is 4. The first-order valence-corrected chi connectivity index (χ1v) is 28.1. The minimum absolute atomic E-state index is 0.0207. The fraction of sp³-hybridized carbons (Fsp3) is 0.0615. The molecule has 12 aromatic rings. The van der Waals surface area contributed by atoms with E-state index in [0.29, 0.717) is 11.1 Å². The third-order valence-corrected chi connectivity index (χ3v) is 24.3. The summed E-state index contributed by atoms with van der Waals surface area (Å²) in [7, 11) is 0. The van der Waals surface area contributed by atoms with Crippen molar-refractivity contribution in [1.29, 1.82) is 0 Å². The number of rotatable bonds is 9. The van der Waals surface area contributed by atoms with E-state index in [1.165, 1.54) is 83.4 Å². The van der Waals surface area contributed by atoms with Crippen molar-refractivity contribution in [2.24, 2.45) is 0 Å². The maximum atomic E-state index is 14.0. The molecule has 0 spiro atoms. The molecule has 2 heterocycles. The first-order valence-electron chi connectivity index (χ1n) is 23.9. The van der Waals surface area contributed by atoms with Gasteiger partial charge in [-0.3, -0.25) is 0 Å². The molecule has 2 aromatic heterocycles. The Morgan fingerprint density at radius 2 is 0.739 bits per heavy atom. The number of aromatic nitrogens is 2. The molecular formula is C65H50GeN2O. The Labute approximate surface area is 405 Å². The van der Waals surface area contributed by atoms with Crippen LogP contribution in [-0.4, -0.2) is 28.2 Å². The van der Waals surface area contributed by atoms with E-state index in [2.05, 4.69) is 219 Å². The number of nitrogens with zero attached hydrogens (tertiary/aromatic N) is 2. The monoisotopic (exact) mass is 948 g/mol. The Kier molecular flexibility index (Phi) is 10.4. The molecule has 330 valence electrons. The average molecular weight is 948 g/mol. The zero-order valence-electron chi connectivity index (χ0n) is 39.2. The Bertz CT molecular complexity index is 3780. The van der Waals surface area contributed by atoms with Gasteiger partial charge in [0.1, 0.15) is 0 Å². The van der Waals surface area contributed by atoms with Crippen molar-refractivity contribution in [3.05, 3.63) is 264 Å². The molecular weight excluding hydrogens is 897 g/mol. The number of carbonyl (C=O) groups is 1. The van der Waals surface area contributed by atoms with Crippen LogP contribution in [0.3, 0.4) is 0 Å². The summed E-state index contributed by atoms with van der Waals surface area (Å²) >= 11 is -3.95. The van der Waals surface area contributed by atoms with Gasteiger partial charge >= 0.3 is 408 Å². The van der Waals surface area contributed by atoms with E-state index in [0.717, 1.165) is 22.5 Å². The summed E-state index contributed by atoms with van der Waals surface area (Å²) in [4.78, 5) is 14.0. The van der Waals surface area contributed by atoms with Gasteiger partial charge in [-0.05, 0) is 0 Å². The standard InChI is InChI=1S/C65H50GeN2O/c1-43-24-33-59-55(38-43)56-39-44(2)25-34-60(56)67(59)63-37-32-52(42-64(63)68-61-35-26-45(3)40-57(61)58-41-46(4)27-36-62(58)68)66(49-18-10-6-11-19-49,50-20-12-7-13-21-50)51-30-28-47(29-31-51)53-22-14-15-23-54(53)65(69)48-16-8-5-9-17-48/h5-42H,1-4H3. The van der Waals surface area contributed by atoms with Crippen molar-refractivity contribution in [2.45, 2.75) is 27.7 Å². The van der Waals surface area contributed by atoms with Crippen molar-refractivity contribution in [3.8, 4) is 22.5 Å². The molecule has 12 rings (SSSR count). The number of fused-ring (bicyclic) bond motifs is 6. The number of carbonyl (C=O) groups excluding carboxylic acids is 1. The van der Waals surface area contributed by atoms with Gasteiger partial charge in [-0.15, -0.1) is 0 Å². The van der Waals surface area contributed by atoms with Gasteiger partial charge in [-0.25, -0.2) is 0 Å². The Morgan fingerprint density at radius 3 is 1.22 bits per heavy atom. The van der Waals surface area contributed by atoms with Gasteiger partial charge in [0.2, 0.25) is 0 Å². The van der Waals surface area contributed by atoms with Crippen LogP contribution < -0.4 is 17.6 Å². The van der Waals surface area contributed by atoms with Crippen LogP contribution in [0.15, 0.2) is 231 Å². The molecule has 0 amide bonds. The minimum atomic E-state index is -3.95. The summed E-state index contributed by atoms with van der Waals surface area (Å²) in [6.07, 6.45) is 0. The van der Waals surface area contributed by atoms with Crippen molar-refractivity contribution < 1.29 is 4.79 Å². The second-order valence-corrected chi connectivity index (χ2v) is 26.7. The Morgan fingerprint density at radius 1 is 0.348 bits per heavy atom. The Hall–Kier alpha value is -7.99. The maximum absolute atomic E-state index is 14.0. The van der Waals surface area contributed by atoms with Gasteiger partial charge in [0.25, 0.3) is 0 Å². The van der Waals surface area contributed by atoms with Gasteiger partial charge in [-0.2, -0.15) is 0 Å². The Balaban J connectivity index is 1.17. The molecule has 0 aliphatic rings. The van der Waals surface area contributed by atoms with Crippen LogP contribution in [0.2, 0.25) is 0 Å².